The van der Waals surface area contributed by atoms with Crippen molar-refractivity contribution in [1.29, 1.82) is 0 Å². The van der Waals surface area contributed by atoms with Gasteiger partial charge in [-0.3, -0.25) is 4.79 Å². The van der Waals surface area contributed by atoms with E-state index >= 15 is 0 Å². The number of para-hydroxylation sites is 1. The van der Waals surface area contributed by atoms with E-state index in [0.717, 1.165) is 5.75 Å². The van der Waals surface area contributed by atoms with Gasteiger partial charge in [-0.15, -0.1) is 0 Å². The van der Waals surface area contributed by atoms with Crippen molar-refractivity contribution in [2.45, 2.75) is 39.4 Å². The molecule has 19 heavy (non-hydrogen) atoms. The van der Waals surface area contributed by atoms with Gasteiger partial charge in [0.05, 0.1) is 12.7 Å². The van der Waals surface area contributed by atoms with Crippen LogP contribution >= 0.6 is 0 Å². The second-order valence-electron chi connectivity index (χ2n) is 4.42. The maximum absolute atomic E-state index is 11.0. The van der Waals surface area contributed by atoms with Crippen LogP contribution in [-0.4, -0.2) is 31.4 Å². The molecule has 2 unspecified atom stereocenters. The number of benzene rings is 1. The number of ether oxygens (including phenoxy) is 3. The van der Waals surface area contributed by atoms with Crippen LogP contribution in [0.5, 0.6) is 5.75 Å². The van der Waals surface area contributed by atoms with E-state index in [0.29, 0.717) is 13.0 Å². The van der Waals surface area contributed by atoms with Gasteiger partial charge in [0.25, 0.3) is 0 Å². The summed E-state index contributed by atoms with van der Waals surface area (Å²) in [6.07, 6.45) is 0.212. The minimum absolute atomic E-state index is 0.0493. The molecule has 0 spiro atoms. The highest BCUT2D eigenvalue weighted by Crippen LogP contribution is 2.11. The van der Waals surface area contributed by atoms with Crippen LogP contribution in [0.4, 0.5) is 0 Å². The molecule has 4 heteroatoms. The standard InChI is InChI=1S/C15H22O4/c1-4-15(16)18-10-12(2)17-11-13(3)19-14-8-6-5-7-9-14/h5-9,12-13H,4,10-11H2,1-3H3. The average molecular weight is 266 g/mol. The van der Waals surface area contributed by atoms with Crippen LogP contribution in [0, 0.1) is 0 Å². The third-order valence-electron chi connectivity index (χ3n) is 2.46. The molecule has 2 atom stereocenters. The van der Waals surface area contributed by atoms with Crippen molar-refractivity contribution in [2.24, 2.45) is 0 Å². The Hall–Kier alpha value is -1.55. The van der Waals surface area contributed by atoms with Gasteiger partial charge in [0.2, 0.25) is 0 Å². The lowest BCUT2D eigenvalue weighted by Gasteiger charge is -2.18. The normalized spacial score (nSPS) is 13.6. The highest BCUT2D eigenvalue weighted by molar-refractivity contribution is 5.68. The van der Waals surface area contributed by atoms with E-state index in [-0.39, 0.29) is 24.8 Å². The molecular weight excluding hydrogens is 244 g/mol. The zero-order valence-electron chi connectivity index (χ0n) is 11.8. The molecule has 0 aliphatic carbocycles. The summed E-state index contributed by atoms with van der Waals surface area (Å²) in [5.74, 6) is 0.618. The third kappa shape index (κ3) is 6.82. The summed E-state index contributed by atoms with van der Waals surface area (Å²) >= 11 is 0. The Kier molecular flexibility index (Phi) is 6.97. The first-order chi connectivity index (χ1) is 9.11. The lowest BCUT2D eigenvalue weighted by atomic mass is 10.3. The van der Waals surface area contributed by atoms with E-state index in [1.165, 1.54) is 0 Å². The molecule has 1 aromatic rings. The summed E-state index contributed by atoms with van der Waals surface area (Å²) in [4.78, 5) is 11.0. The Morgan fingerprint density at radius 1 is 1.11 bits per heavy atom. The van der Waals surface area contributed by atoms with Crippen molar-refractivity contribution >= 4 is 5.97 Å². The first-order valence-corrected chi connectivity index (χ1v) is 6.60. The fraction of sp³-hybridized carbons (Fsp3) is 0.533. The fourth-order valence-corrected chi connectivity index (χ4v) is 1.43. The van der Waals surface area contributed by atoms with Gasteiger partial charge in [0, 0.05) is 6.42 Å². The quantitative estimate of drug-likeness (QED) is 0.679. The monoisotopic (exact) mass is 266 g/mol. The van der Waals surface area contributed by atoms with Crippen molar-refractivity contribution in [3.05, 3.63) is 30.3 Å². The molecule has 0 N–H and O–H groups in total. The molecule has 4 nitrogen and oxygen atoms in total. The number of carbonyl (C=O) groups is 1. The van der Waals surface area contributed by atoms with Gasteiger partial charge in [-0.1, -0.05) is 25.1 Å². The van der Waals surface area contributed by atoms with Gasteiger partial charge >= 0.3 is 5.97 Å². The van der Waals surface area contributed by atoms with Crippen LogP contribution < -0.4 is 4.74 Å². The minimum atomic E-state index is -0.205. The van der Waals surface area contributed by atoms with E-state index < -0.39 is 0 Å². The molecule has 0 heterocycles. The van der Waals surface area contributed by atoms with Crippen molar-refractivity contribution in [3.8, 4) is 5.75 Å². The summed E-state index contributed by atoms with van der Waals surface area (Å²) in [5.41, 5.74) is 0. The predicted octanol–water partition coefficient (Wildman–Crippen LogP) is 2.81. The van der Waals surface area contributed by atoms with E-state index in [4.69, 9.17) is 14.2 Å². The van der Waals surface area contributed by atoms with Crippen molar-refractivity contribution in [2.75, 3.05) is 13.2 Å². The molecule has 0 saturated heterocycles. The molecule has 0 aliphatic rings. The van der Waals surface area contributed by atoms with Gasteiger partial charge in [0.15, 0.2) is 0 Å². The molecule has 0 radical (unpaired) electrons. The van der Waals surface area contributed by atoms with Crippen molar-refractivity contribution in [3.63, 3.8) is 0 Å². The Morgan fingerprint density at radius 2 is 1.79 bits per heavy atom. The second kappa shape index (κ2) is 8.53. The molecule has 0 saturated carbocycles. The first kappa shape index (κ1) is 15.5. The number of hydrogen-bond acceptors (Lipinski definition) is 4. The number of hydrogen-bond donors (Lipinski definition) is 0. The number of carbonyl (C=O) groups excluding carboxylic acids is 1. The maximum atomic E-state index is 11.0. The van der Waals surface area contributed by atoms with Gasteiger partial charge in [0.1, 0.15) is 18.5 Å². The second-order valence-corrected chi connectivity index (χ2v) is 4.42. The van der Waals surface area contributed by atoms with Gasteiger partial charge in [-0.2, -0.15) is 0 Å². The highest BCUT2D eigenvalue weighted by atomic mass is 16.6. The maximum Gasteiger partial charge on any atom is 0.305 e. The van der Waals surface area contributed by atoms with Crippen LogP contribution in [0.3, 0.4) is 0 Å². The highest BCUT2D eigenvalue weighted by Gasteiger charge is 2.09. The van der Waals surface area contributed by atoms with Crippen LogP contribution in [0.15, 0.2) is 30.3 Å². The van der Waals surface area contributed by atoms with E-state index in [9.17, 15) is 4.79 Å². The molecular formula is C15H22O4. The van der Waals surface area contributed by atoms with Crippen LogP contribution in [0.1, 0.15) is 27.2 Å². The van der Waals surface area contributed by atoms with Crippen molar-refractivity contribution < 1.29 is 19.0 Å². The van der Waals surface area contributed by atoms with E-state index in [1.807, 2.05) is 44.2 Å². The minimum Gasteiger partial charge on any atom is -0.488 e. The molecule has 0 aliphatic heterocycles. The first-order valence-electron chi connectivity index (χ1n) is 6.60. The zero-order valence-corrected chi connectivity index (χ0v) is 11.8. The Balaban J connectivity index is 2.19. The lowest BCUT2D eigenvalue weighted by Crippen LogP contribution is -2.26. The van der Waals surface area contributed by atoms with Crippen LogP contribution in [0.25, 0.3) is 0 Å². The predicted molar refractivity (Wildman–Crippen MR) is 73.2 cm³/mol. The molecule has 0 bridgehead atoms. The molecule has 106 valence electrons. The van der Waals surface area contributed by atoms with Gasteiger partial charge in [-0.05, 0) is 26.0 Å². The summed E-state index contributed by atoms with van der Waals surface area (Å²) in [6.45, 7) is 6.32. The zero-order chi connectivity index (χ0) is 14.1. The van der Waals surface area contributed by atoms with E-state index in [1.54, 1.807) is 6.92 Å². The Morgan fingerprint density at radius 3 is 2.42 bits per heavy atom. The van der Waals surface area contributed by atoms with Crippen LogP contribution in [-0.2, 0) is 14.3 Å². The summed E-state index contributed by atoms with van der Waals surface area (Å²) < 4.78 is 16.2. The SMILES string of the molecule is CCC(=O)OCC(C)OCC(C)Oc1ccccc1. The summed E-state index contributed by atoms with van der Waals surface area (Å²) in [7, 11) is 0. The molecule has 0 aromatic heterocycles. The molecule has 1 rings (SSSR count). The number of rotatable bonds is 8. The molecule has 0 amide bonds. The topological polar surface area (TPSA) is 44.8 Å². The summed E-state index contributed by atoms with van der Waals surface area (Å²) in [6, 6.07) is 9.61. The third-order valence-corrected chi connectivity index (χ3v) is 2.46. The van der Waals surface area contributed by atoms with Crippen LogP contribution in [0.2, 0.25) is 0 Å². The average Bonchev–Trinajstić information content (AvgIpc) is 2.43. The molecule has 0 fully saturated rings. The smallest absolute Gasteiger partial charge is 0.305 e. The fourth-order valence-electron chi connectivity index (χ4n) is 1.43. The lowest BCUT2D eigenvalue weighted by molar-refractivity contribution is -0.147. The number of esters is 1. The Labute approximate surface area is 114 Å². The largest absolute Gasteiger partial charge is 0.488 e. The van der Waals surface area contributed by atoms with Gasteiger partial charge < -0.3 is 14.2 Å². The molecule has 1 aromatic carbocycles. The van der Waals surface area contributed by atoms with Gasteiger partial charge in [-0.25, -0.2) is 0 Å². The van der Waals surface area contributed by atoms with Crippen molar-refractivity contribution in [1.82, 2.24) is 0 Å². The van der Waals surface area contributed by atoms with E-state index in [2.05, 4.69) is 0 Å². The Bertz CT molecular complexity index is 364. The summed E-state index contributed by atoms with van der Waals surface area (Å²) in [5, 5.41) is 0.